The first-order valence-corrected chi connectivity index (χ1v) is 6.14. The first kappa shape index (κ1) is 12.3. The van der Waals surface area contributed by atoms with E-state index in [2.05, 4.69) is 4.98 Å². The topological polar surface area (TPSA) is 40.6 Å². The van der Waals surface area contributed by atoms with Crippen molar-refractivity contribution in [2.75, 3.05) is 19.8 Å². The van der Waals surface area contributed by atoms with Crippen LogP contribution in [0.15, 0.2) is 18.2 Å². The average Bonchev–Trinajstić information content (AvgIpc) is 2.36. The van der Waals surface area contributed by atoms with E-state index in [-0.39, 0.29) is 6.29 Å². The fraction of sp³-hybridized carbons (Fsp3) is 0.615. The molecule has 0 N–H and O–H groups in total. The van der Waals surface area contributed by atoms with E-state index in [1.807, 2.05) is 25.1 Å². The molecule has 0 spiro atoms. The Labute approximate surface area is 102 Å². The van der Waals surface area contributed by atoms with E-state index in [0.29, 0.717) is 19.1 Å². The van der Waals surface area contributed by atoms with Gasteiger partial charge in [0.15, 0.2) is 6.29 Å². The average molecular weight is 237 g/mol. The summed E-state index contributed by atoms with van der Waals surface area (Å²) in [4.78, 5) is 4.25. The van der Waals surface area contributed by atoms with E-state index in [0.717, 1.165) is 25.1 Å². The van der Waals surface area contributed by atoms with Gasteiger partial charge in [-0.3, -0.25) is 0 Å². The number of hydrogen-bond donors (Lipinski definition) is 0. The summed E-state index contributed by atoms with van der Waals surface area (Å²) in [6.07, 6.45) is 3.27. The van der Waals surface area contributed by atoms with Gasteiger partial charge in [0.05, 0.1) is 6.61 Å². The van der Waals surface area contributed by atoms with Crippen molar-refractivity contribution in [3.05, 3.63) is 23.9 Å². The lowest BCUT2D eigenvalue weighted by Gasteiger charge is -2.22. The number of nitrogens with zero attached hydrogens (tertiary/aromatic N) is 1. The third-order valence-electron chi connectivity index (χ3n) is 2.64. The zero-order valence-electron chi connectivity index (χ0n) is 10.2. The Hall–Kier alpha value is -1.13. The van der Waals surface area contributed by atoms with Gasteiger partial charge in [-0.25, -0.2) is 4.98 Å². The monoisotopic (exact) mass is 237 g/mol. The molecule has 1 saturated heterocycles. The van der Waals surface area contributed by atoms with Gasteiger partial charge < -0.3 is 14.2 Å². The number of aryl methyl sites for hydroxylation is 1. The van der Waals surface area contributed by atoms with Crippen molar-refractivity contribution in [3.8, 4) is 5.88 Å². The number of aromatic nitrogens is 1. The highest BCUT2D eigenvalue weighted by Crippen LogP contribution is 2.13. The predicted molar refractivity (Wildman–Crippen MR) is 64.0 cm³/mol. The second-order valence-corrected chi connectivity index (χ2v) is 4.13. The molecule has 4 heteroatoms. The van der Waals surface area contributed by atoms with Crippen LogP contribution < -0.4 is 4.74 Å². The van der Waals surface area contributed by atoms with Gasteiger partial charge in [0.1, 0.15) is 6.61 Å². The molecule has 0 radical (unpaired) electrons. The van der Waals surface area contributed by atoms with Crippen LogP contribution in [0.2, 0.25) is 0 Å². The Bertz CT molecular complexity index is 337. The molecule has 2 rings (SSSR count). The summed E-state index contributed by atoms with van der Waals surface area (Å²) in [7, 11) is 0. The molecule has 0 amide bonds. The van der Waals surface area contributed by atoms with Crippen LogP contribution in [0, 0.1) is 6.92 Å². The van der Waals surface area contributed by atoms with Gasteiger partial charge in [-0.2, -0.15) is 0 Å². The van der Waals surface area contributed by atoms with Crippen LogP contribution in [0.3, 0.4) is 0 Å². The summed E-state index contributed by atoms with van der Waals surface area (Å²) in [6.45, 7) is 3.81. The highest BCUT2D eigenvalue weighted by atomic mass is 16.7. The van der Waals surface area contributed by atoms with E-state index < -0.39 is 0 Å². The largest absolute Gasteiger partial charge is 0.475 e. The molecular formula is C13H19NO3. The molecule has 4 nitrogen and oxygen atoms in total. The van der Waals surface area contributed by atoms with Crippen LogP contribution in [0.5, 0.6) is 5.88 Å². The van der Waals surface area contributed by atoms with Gasteiger partial charge >= 0.3 is 0 Å². The van der Waals surface area contributed by atoms with Gasteiger partial charge in [-0.15, -0.1) is 0 Å². The SMILES string of the molecule is Cc1cccc(OCCO[C@H]2CCCCO2)n1. The summed E-state index contributed by atoms with van der Waals surface area (Å²) in [5.41, 5.74) is 0.957. The molecule has 1 aromatic heterocycles. The molecule has 0 aromatic carbocycles. The maximum atomic E-state index is 5.56. The van der Waals surface area contributed by atoms with E-state index in [9.17, 15) is 0 Å². The molecule has 0 aliphatic carbocycles. The molecule has 1 aliphatic rings. The van der Waals surface area contributed by atoms with Crippen molar-refractivity contribution in [1.82, 2.24) is 4.98 Å². The highest BCUT2D eigenvalue weighted by molar-refractivity contribution is 5.14. The van der Waals surface area contributed by atoms with E-state index >= 15 is 0 Å². The van der Waals surface area contributed by atoms with Crippen molar-refractivity contribution in [2.24, 2.45) is 0 Å². The second kappa shape index (κ2) is 6.57. The van der Waals surface area contributed by atoms with Gasteiger partial charge in [-0.1, -0.05) is 6.07 Å². The van der Waals surface area contributed by atoms with Gasteiger partial charge in [-0.05, 0) is 32.3 Å². The van der Waals surface area contributed by atoms with Crippen LogP contribution in [0.4, 0.5) is 0 Å². The molecule has 17 heavy (non-hydrogen) atoms. The maximum absolute atomic E-state index is 5.56. The Morgan fingerprint density at radius 2 is 2.29 bits per heavy atom. The van der Waals surface area contributed by atoms with Crippen LogP contribution in [0.25, 0.3) is 0 Å². The van der Waals surface area contributed by atoms with Crippen LogP contribution in [0.1, 0.15) is 25.0 Å². The summed E-state index contributed by atoms with van der Waals surface area (Å²) < 4.78 is 16.5. The molecule has 94 valence electrons. The molecular weight excluding hydrogens is 218 g/mol. The van der Waals surface area contributed by atoms with E-state index in [1.165, 1.54) is 6.42 Å². The fourth-order valence-corrected chi connectivity index (χ4v) is 1.77. The minimum atomic E-state index is -0.0437. The quantitative estimate of drug-likeness (QED) is 0.737. The Balaban J connectivity index is 1.62. The Morgan fingerprint density at radius 3 is 3.06 bits per heavy atom. The lowest BCUT2D eigenvalue weighted by atomic mass is 10.2. The van der Waals surface area contributed by atoms with Crippen LogP contribution in [-0.2, 0) is 9.47 Å². The lowest BCUT2D eigenvalue weighted by Crippen LogP contribution is -2.24. The van der Waals surface area contributed by atoms with Gasteiger partial charge in [0, 0.05) is 18.4 Å². The molecule has 0 saturated carbocycles. The second-order valence-electron chi connectivity index (χ2n) is 4.13. The minimum Gasteiger partial charge on any atom is -0.475 e. The third kappa shape index (κ3) is 4.32. The molecule has 1 fully saturated rings. The van der Waals surface area contributed by atoms with Crippen molar-refractivity contribution < 1.29 is 14.2 Å². The third-order valence-corrected chi connectivity index (χ3v) is 2.64. The number of ether oxygens (including phenoxy) is 3. The van der Waals surface area contributed by atoms with E-state index in [4.69, 9.17) is 14.2 Å². The minimum absolute atomic E-state index is 0.0437. The van der Waals surface area contributed by atoms with Crippen LogP contribution >= 0.6 is 0 Å². The first-order chi connectivity index (χ1) is 8.34. The lowest BCUT2D eigenvalue weighted by molar-refractivity contribution is -0.165. The number of pyridine rings is 1. The normalized spacial score (nSPS) is 20.2. The van der Waals surface area contributed by atoms with Gasteiger partial charge in [0.2, 0.25) is 5.88 Å². The summed E-state index contributed by atoms with van der Waals surface area (Å²) in [5, 5.41) is 0. The van der Waals surface area contributed by atoms with Crippen molar-refractivity contribution >= 4 is 0 Å². The molecule has 0 bridgehead atoms. The highest BCUT2D eigenvalue weighted by Gasteiger charge is 2.13. The van der Waals surface area contributed by atoms with Gasteiger partial charge in [0.25, 0.3) is 0 Å². The number of hydrogen-bond acceptors (Lipinski definition) is 4. The molecule has 0 unspecified atom stereocenters. The van der Waals surface area contributed by atoms with Crippen LogP contribution in [-0.4, -0.2) is 31.1 Å². The molecule has 1 aromatic rings. The van der Waals surface area contributed by atoms with E-state index in [1.54, 1.807) is 0 Å². The predicted octanol–water partition coefficient (Wildman–Crippen LogP) is 2.31. The zero-order valence-corrected chi connectivity index (χ0v) is 10.2. The van der Waals surface area contributed by atoms with Crippen molar-refractivity contribution in [1.29, 1.82) is 0 Å². The van der Waals surface area contributed by atoms with Crippen molar-refractivity contribution in [2.45, 2.75) is 32.5 Å². The first-order valence-electron chi connectivity index (χ1n) is 6.14. The molecule has 1 atom stereocenters. The van der Waals surface area contributed by atoms with Crippen molar-refractivity contribution in [3.63, 3.8) is 0 Å². The summed E-state index contributed by atoms with van der Waals surface area (Å²) in [5.74, 6) is 0.651. The maximum Gasteiger partial charge on any atom is 0.213 e. The smallest absolute Gasteiger partial charge is 0.213 e. The standard InChI is InChI=1S/C13H19NO3/c1-11-5-4-6-12(14-11)15-9-10-17-13-7-2-3-8-16-13/h4-6,13H,2-3,7-10H2,1H3/t13-/m0/s1. The summed E-state index contributed by atoms with van der Waals surface area (Å²) >= 11 is 0. The molecule has 1 aliphatic heterocycles. The summed E-state index contributed by atoms with van der Waals surface area (Å²) in [6, 6.07) is 5.73. The fourth-order valence-electron chi connectivity index (χ4n) is 1.77. The number of rotatable bonds is 5. The Kier molecular flexibility index (Phi) is 4.76. The molecule has 2 heterocycles. The Morgan fingerprint density at radius 1 is 1.35 bits per heavy atom. The zero-order chi connectivity index (χ0) is 11.9.